The minimum atomic E-state index is -4.41. The summed E-state index contributed by atoms with van der Waals surface area (Å²) in [5.41, 5.74) is 5.33. The van der Waals surface area contributed by atoms with E-state index < -0.39 is 32.5 Å². The fraction of sp³-hybridized carbons (Fsp3) is 0.721. The summed E-state index contributed by atoms with van der Waals surface area (Å²) in [7, 11) is -4.41. The number of nitrogens with two attached hydrogens (primary N) is 1. The van der Waals surface area contributed by atoms with E-state index in [0.29, 0.717) is 12.8 Å². The lowest BCUT2D eigenvalue weighted by atomic mass is 10.1. The first-order valence-electron chi connectivity index (χ1n) is 20.8. The van der Waals surface area contributed by atoms with Crippen molar-refractivity contribution in [1.82, 2.24) is 0 Å². The van der Waals surface area contributed by atoms with E-state index in [2.05, 4.69) is 44.2 Å². The Morgan fingerprint density at radius 3 is 1.66 bits per heavy atom. The third-order valence-corrected chi connectivity index (χ3v) is 9.46. The highest BCUT2D eigenvalue weighted by Gasteiger charge is 2.25. The molecule has 9 nitrogen and oxygen atoms in total. The lowest BCUT2D eigenvalue weighted by Crippen LogP contribution is -2.29. The zero-order valence-electron chi connectivity index (χ0n) is 33.5. The van der Waals surface area contributed by atoms with Crippen LogP contribution in [0.3, 0.4) is 0 Å². The Labute approximate surface area is 323 Å². The minimum absolute atomic E-state index is 0.0332. The second-order valence-electron chi connectivity index (χ2n) is 13.6. The van der Waals surface area contributed by atoms with Crippen LogP contribution < -0.4 is 5.73 Å². The number of hydrogen-bond acceptors (Lipinski definition) is 8. The molecule has 10 heteroatoms. The molecule has 0 aromatic carbocycles. The molecular weight excluding hydrogens is 689 g/mol. The Hall–Kier alpha value is -2.29. The van der Waals surface area contributed by atoms with Crippen LogP contribution in [0.15, 0.2) is 60.8 Å². The molecule has 0 aliphatic heterocycles. The first-order valence-corrected chi connectivity index (χ1v) is 22.3. The summed E-state index contributed by atoms with van der Waals surface area (Å²) in [5.74, 6) is -1.15. The van der Waals surface area contributed by atoms with Crippen LogP contribution in [-0.2, 0) is 32.7 Å². The van der Waals surface area contributed by atoms with E-state index in [9.17, 15) is 19.0 Å². The lowest BCUT2D eigenvalue weighted by Gasteiger charge is -2.19. The molecular formula is C43H76NO8P. The Morgan fingerprint density at radius 2 is 1.11 bits per heavy atom. The number of carbonyl (C=O) groups is 2. The molecule has 0 rings (SSSR count). The molecule has 1 unspecified atom stereocenters. The molecule has 0 heterocycles. The molecule has 53 heavy (non-hydrogen) atoms. The van der Waals surface area contributed by atoms with E-state index in [-0.39, 0.29) is 26.2 Å². The van der Waals surface area contributed by atoms with Gasteiger partial charge in [-0.3, -0.25) is 13.8 Å². The van der Waals surface area contributed by atoms with Crippen LogP contribution in [0.4, 0.5) is 0 Å². The van der Waals surface area contributed by atoms with E-state index in [1.54, 1.807) is 6.08 Å². The van der Waals surface area contributed by atoms with Crippen LogP contribution in [0.2, 0.25) is 0 Å². The van der Waals surface area contributed by atoms with Gasteiger partial charge in [0, 0.05) is 19.0 Å². The quantitative estimate of drug-likeness (QED) is 0.0157. The third kappa shape index (κ3) is 39.2. The van der Waals surface area contributed by atoms with Crippen LogP contribution in [0.1, 0.15) is 168 Å². The van der Waals surface area contributed by atoms with E-state index in [1.807, 2.05) is 18.2 Å². The van der Waals surface area contributed by atoms with Gasteiger partial charge >= 0.3 is 19.8 Å². The molecule has 0 aromatic heterocycles. The SMILES string of the molecule is CCCCCCCC/C=C/C/C=C/C/C=C/CCCC(=O)O[C@H](COC(=O)/C=C/C=C/CCCCCCCCCCCCC)COP(=O)(O)OCCN. The van der Waals surface area contributed by atoms with Crippen LogP contribution in [0.25, 0.3) is 0 Å². The van der Waals surface area contributed by atoms with Crippen LogP contribution in [0.5, 0.6) is 0 Å². The smallest absolute Gasteiger partial charge is 0.458 e. The van der Waals surface area contributed by atoms with Crippen molar-refractivity contribution >= 4 is 19.8 Å². The Kier molecular flexibility index (Phi) is 37.7. The topological polar surface area (TPSA) is 134 Å². The second kappa shape index (κ2) is 39.4. The number of unbranched alkanes of at least 4 members (excludes halogenated alkanes) is 18. The van der Waals surface area contributed by atoms with E-state index in [4.69, 9.17) is 24.3 Å². The summed E-state index contributed by atoms with van der Waals surface area (Å²) < 4.78 is 32.5. The molecule has 0 spiro atoms. The first kappa shape index (κ1) is 50.7. The fourth-order valence-electron chi connectivity index (χ4n) is 5.39. The standard InChI is InChI=1S/C43H76NO8P/c1-3-5-7-9-11-13-15-17-19-20-22-24-26-28-30-32-34-36-43(46)52-41(40-51-53(47,48)50-38-37-44)39-49-42(45)35-33-31-29-27-25-23-21-18-16-14-12-10-8-6-4-2/h17,19,22,24,28-31,33,35,41H,3-16,18,20-21,23,25-27,32,34,36-40,44H2,1-2H3,(H,47,48)/b19-17+,24-22+,30-28+,31-29+,35-33+/t41-/m1/s1. The van der Waals surface area contributed by atoms with Gasteiger partial charge in [-0.25, -0.2) is 9.36 Å². The van der Waals surface area contributed by atoms with Crippen molar-refractivity contribution in [3.8, 4) is 0 Å². The fourth-order valence-corrected chi connectivity index (χ4v) is 6.15. The van der Waals surface area contributed by atoms with Gasteiger partial charge < -0.3 is 20.1 Å². The maximum atomic E-state index is 12.5. The average Bonchev–Trinajstić information content (AvgIpc) is 3.14. The number of phosphoric acid groups is 1. The largest absolute Gasteiger partial charge is 0.472 e. The maximum Gasteiger partial charge on any atom is 0.472 e. The van der Waals surface area contributed by atoms with Gasteiger partial charge in [0.25, 0.3) is 0 Å². The molecule has 0 aliphatic carbocycles. The van der Waals surface area contributed by atoms with Gasteiger partial charge in [-0.2, -0.15) is 0 Å². The molecule has 0 fully saturated rings. The second-order valence-corrected chi connectivity index (χ2v) is 15.0. The molecule has 0 bridgehead atoms. The van der Waals surface area contributed by atoms with Crippen LogP contribution in [-0.4, -0.2) is 49.3 Å². The molecule has 3 N–H and O–H groups in total. The third-order valence-electron chi connectivity index (χ3n) is 8.48. The predicted molar refractivity (Wildman–Crippen MR) is 219 cm³/mol. The summed E-state index contributed by atoms with van der Waals surface area (Å²) in [6.45, 7) is 3.52. The number of phosphoric ester groups is 1. The minimum Gasteiger partial charge on any atom is -0.458 e. The van der Waals surface area contributed by atoms with Crippen molar-refractivity contribution in [2.24, 2.45) is 5.73 Å². The average molecular weight is 766 g/mol. The number of allylic oxidation sites excluding steroid dienone is 9. The highest BCUT2D eigenvalue weighted by molar-refractivity contribution is 7.47. The predicted octanol–water partition coefficient (Wildman–Crippen LogP) is 11.7. The van der Waals surface area contributed by atoms with Gasteiger partial charge in [-0.05, 0) is 51.4 Å². The summed E-state index contributed by atoms with van der Waals surface area (Å²) >= 11 is 0. The molecule has 0 amide bonds. The molecule has 0 aliphatic rings. The summed E-state index contributed by atoms with van der Waals surface area (Å²) in [4.78, 5) is 34.6. The summed E-state index contributed by atoms with van der Waals surface area (Å²) in [6, 6.07) is 0. The van der Waals surface area contributed by atoms with Gasteiger partial charge in [0.05, 0.1) is 13.2 Å². The van der Waals surface area contributed by atoms with Crippen LogP contribution >= 0.6 is 7.82 Å². The number of ether oxygens (including phenoxy) is 2. The van der Waals surface area contributed by atoms with Crippen molar-refractivity contribution in [2.75, 3.05) is 26.4 Å². The van der Waals surface area contributed by atoms with Crippen molar-refractivity contribution in [2.45, 2.75) is 174 Å². The molecule has 0 aromatic rings. The first-order chi connectivity index (χ1) is 25.8. The van der Waals surface area contributed by atoms with Gasteiger partial charge in [-0.15, -0.1) is 0 Å². The van der Waals surface area contributed by atoms with Crippen LogP contribution in [0, 0.1) is 0 Å². The van der Waals surface area contributed by atoms with Crippen molar-refractivity contribution in [3.05, 3.63) is 60.8 Å². The lowest BCUT2D eigenvalue weighted by molar-refractivity contribution is -0.159. The van der Waals surface area contributed by atoms with Gasteiger partial charge in [0.2, 0.25) is 0 Å². The zero-order chi connectivity index (χ0) is 38.9. The highest BCUT2D eigenvalue weighted by atomic mass is 31.2. The molecule has 306 valence electrons. The van der Waals surface area contributed by atoms with Gasteiger partial charge in [0.1, 0.15) is 6.61 Å². The monoisotopic (exact) mass is 766 g/mol. The Morgan fingerprint density at radius 1 is 0.623 bits per heavy atom. The van der Waals surface area contributed by atoms with Crippen molar-refractivity contribution in [3.63, 3.8) is 0 Å². The summed E-state index contributed by atoms with van der Waals surface area (Å²) in [5, 5.41) is 0. The van der Waals surface area contributed by atoms with E-state index in [1.165, 1.54) is 109 Å². The Balaban J connectivity index is 4.38. The molecule has 0 saturated heterocycles. The summed E-state index contributed by atoms with van der Waals surface area (Å²) in [6.07, 6.45) is 46.1. The molecule has 0 radical (unpaired) electrons. The number of hydrogen-bond donors (Lipinski definition) is 2. The molecule has 2 atom stereocenters. The number of rotatable bonds is 38. The van der Waals surface area contributed by atoms with Gasteiger partial charge in [0.15, 0.2) is 6.10 Å². The maximum absolute atomic E-state index is 12.5. The molecule has 0 saturated carbocycles. The number of carbonyl (C=O) groups excluding carboxylic acids is 2. The van der Waals surface area contributed by atoms with Crippen molar-refractivity contribution < 1.29 is 37.6 Å². The van der Waals surface area contributed by atoms with E-state index in [0.717, 1.165) is 32.1 Å². The van der Waals surface area contributed by atoms with Crippen molar-refractivity contribution in [1.29, 1.82) is 0 Å². The number of esters is 2. The highest BCUT2D eigenvalue weighted by Crippen LogP contribution is 2.43. The Bertz CT molecular complexity index is 1050. The zero-order valence-corrected chi connectivity index (χ0v) is 34.4. The normalized spacial score (nSPS) is 14.0. The van der Waals surface area contributed by atoms with E-state index >= 15 is 0 Å². The van der Waals surface area contributed by atoms with Gasteiger partial charge in [-0.1, -0.05) is 165 Å².